The SMILES string of the molecule is CCCNc1cc(C(=O)NCC2CCSCC2)ccn1. The van der Waals surface area contributed by atoms with Gasteiger partial charge in [-0.25, -0.2) is 4.98 Å². The number of hydrogen-bond acceptors (Lipinski definition) is 4. The quantitative estimate of drug-likeness (QED) is 0.847. The Balaban J connectivity index is 1.84. The standard InChI is InChI=1S/C15H23N3OS/c1-2-6-16-14-10-13(3-7-17-14)15(19)18-11-12-4-8-20-9-5-12/h3,7,10,12H,2,4-6,8-9,11H2,1H3,(H,16,17)(H,18,19). The van der Waals surface area contributed by atoms with Crippen LogP contribution in [0, 0.1) is 5.92 Å². The van der Waals surface area contributed by atoms with Crippen molar-refractivity contribution in [3.8, 4) is 0 Å². The van der Waals surface area contributed by atoms with Crippen LogP contribution >= 0.6 is 11.8 Å². The first kappa shape index (κ1) is 15.2. The molecule has 0 aromatic carbocycles. The summed E-state index contributed by atoms with van der Waals surface area (Å²) in [5, 5.41) is 6.25. The van der Waals surface area contributed by atoms with Crippen LogP contribution in [0.5, 0.6) is 0 Å². The second-order valence-electron chi connectivity index (χ2n) is 5.12. The predicted octanol–water partition coefficient (Wildman–Crippen LogP) is 2.78. The van der Waals surface area contributed by atoms with Gasteiger partial charge in [0.2, 0.25) is 0 Å². The van der Waals surface area contributed by atoms with Crippen molar-refractivity contribution in [1.29, 1.82) is 0 Å². The third-order valence-corrected chi connectivity index (χ3v) is 4.52. The van der Waals surface area contributed by atoms with Crippen molar-refractivity contribution >= 4 is 23.5 Å². The number of nitrogens with zero attached hydrogens (tertiary/aromatic N) is 1. The Kier molecular flexibility index (Phi) is 6.18. The number of thioether (sulfide) groups is 1. The van der Waals surface area contributed by atoms with Crippen LogP contribution in [0.15, 0.2) is 18.3 Å². The minimum Gasteiger partial charge on any atom is -0.370 e. The Labute approximate surface area is 125 Å². The van der Waals surface area contributed by atoms with E-state index in [-0.39, 0.29) is 5.91 Å². The Morgan fingerprint density at radius 1 is 1.45 bits per heavy atom. The number of hydrogen-bond donors (Lipinski definition) is 2. The molecule has 0 radical (unpaired) electrons. The van der Waals surface area contributed by atoms with Gasteiger partial charge in [-0.3, -0.25) is 4.79 Å². The highest BCUT2D eigenvalue weighted by atomic mass is 32.2. The summed E-state index contributed by atoms with van der Waals surface area (Å²) in [6.07, 6.45) is 5.15. The van der Waals surface area contributed by atoms with E-state index in [0.29, 0.717) is 11.5 Å². The molecule has 1 amide bonds. The van der Waals surface area contributed by atoms with Crippen molar-refractivity contribution in [1.82, 2.24) is 10.3 Å². The number of amides is 1. The molecule has 1 aromatic rings. The van der Waals surface area contributed by atoms with E-state index in [2.05, 4.69) is 22.5 Å². The van der Waals surface area contributed by atoms with Crippen LogP contribution in [-0.4, -0.2) is 35.5 Å². The summed E-state index contributed by atoms with van der Waals surface area (Å²) in [5.41, 5.74) is 0.684. The van der Waals surface area contributed by atoms with E-state index in [1.54, 1.807) is 12.3 Å². The maximum Gasteiger partial charge on any atom is 0.251 e. The third-order valence-electron chi connectivity index (χ3n) is 3.47. The Morgan fingerprint density at radius 2 is 2.25 bits per heavy atom. The number of nitrogens with one attached hydrogen (secondary N) is 2. The summed E-state index contributed by atoms with van der Waals surface area (Å²) in [4.78, 5) is 16.4. The van der Waals surface area contributed by atoms with E-state index in [1.807, 2.05) is 17.8 Å². The lowest BCUT2D eigenvalue weighted by Gasteiger charge is -2.21. The Hall–Kier alpha value is -1.23. The molecule has 110 valence electrons. The number of aromatic nitrogens is 1. The van der Waals surface area contributed by atoms with Gasteiger partial charge in [-0.15, -0.1) is 0 Å². The fourth-order valence-corrected chi connectivity index (χ4v) is 3.42. The van der Waals surface area contributed by atoms with Crippen LogP contribution in [0.1, 0.15) is 36.5 Å². The average molecular weight is 293 g/mol. The highest BCUT2D eigenvalue weighted by molar-refractivity contribution is 7.99. The number of carbonyl (C=O) groups excluding carboxylic acids is 1. The summed E-state index contributed by atoms with van der Waals surface area (Å²) in [6, 6.07) is 3.59. The smallest absolute Gasteiger partial charge is 0.251 e. The van der Waals surface area contributed by atoms with E-state index < -0.39 is 0 Å². The number of anilines is 1. The molecular weight excluding hydrogens is 270 g/mol. The molecule has 4 nitrogen and oxygen atoms in total. The molecule has 0 spiro atoms. The van der Waals surface area contributed by atoms with Gasteiger partial charge in [0.1, 0.15) is 5.82 Å². The van der Waals surface area contributed by atoms with Gasteiger partial charge in [0, 0.05) is 24.8 Å². The first-order valence-corrected chi connectivity index (χ1v) is 8.51. The van der Waals surface area contributed by atoms with Crippen molar-refractivity contribution < 1.29 is 4.79 Å². The van der Waals surface area contributed by atoms with Crippen LogP contribution in [-0.2, 0) is 0 Å². The molecule has 0 bridgehead atoms. The van der Waals surface area contributed by atoms with E-state index in [9.17, 15) is 4.79 Å². The third kappa shape index (κ3) is 4.71. The molecule has 5 heteroatoms. The van der Waals surface area contributed by atoms with Gasteiger partial charge < -0.3 is 10.6 Å². The molecule has 1 aromatic heterocycles. The van der Waals surface area contributed by atoms with Gasteiger partial charge in [-0.1, -0.05) is 6.92 Å². The summed E-state index contributed by atoms with van der Waals surface area (Å²) in [6.45, 7) is 3.77. The van der Waals surface area contributed by atoms with Crippen LogP contribution < -0.4 is 10.6 Å². The topological polar surface area (TPSA) is 54.0 Å². The zero-order chi connectivity index (χ0) is 14.2. The van der Waals surface area contributed by atoms with E-state index in [4.69, 9.17) is 0 Å². The molecule has 2 rings (SSSR count). The van der Waals surface area contributed by atoms with Crippen molar-refractivity contribution in [2.24, 2.45) is 5.92 Å². The fourth-order valence-electron chi connectivity index (χ4n) is 2.21. The van der Waals surface area contributed by atoms with E-state index in [0.717, 1.165) is 25.3 Å². The van der Waals surface area contributed by atoms with Crippen LogP contribution in [0.25, 0.3) is 0 Å². The summed E-state index contributed by atoms with van der Waals surface area (Å²) < 4.78 is 0. The van der Waals surface area contributed by atoms with Gasteiger partial charge in [0.25, 0.3) is 5.91 Å². The molecule has 1 aliphatic rings. The predicted molar refractivity (Wildman–Crippen MR) is 85.4 cm³/mol. The zero-order valence-electron chi connectivity index (χ0n) is 12.0. The molecule has 0 unspecified atom stereocenters. The molecule has 1 saturated heterocycles. The summed E-state index contributed by atoms with van der Waals surface area (Å²) >= 11 is 2.01. The van der Waals surface area contributed by atoms with Gasteiger partial charge in [-0.2, -0.15) is 11.8 Å². The lowest BCUT2D eigenvalue weighted by Crippen LogP contribution is -2.31. The Morgan fingerprint density at radius 3 is 3.00 bits per heavy atom. The first-order chi connectivity index (χ1) is 9.79. The molecule has 2 heterocycles. The number of pyridine rings is 1. The minimum atomic E-state index is 0.00479. The van der Waals surface area contributed by atoms with Crippen molar-refractivity contribution in [2.75, 3.05) is 29.9 Å². The molecule has 20 heavy (non-hydrogen) atoms. The van der Waals surface area contributed by atoms with Gasteiger partial charge in [0.15, 0.2) is 0 Å². The maximum atomic E-state index is 12.1. The fraction of sp³-hybridized carbons (Fsp3) is 0.600. The molecule has 2 N–H and O–H groups in total. The van der Waals surface area contributed by atoms with Crippen molar-refractivity contribution in [3.05, 3.63) is 23.9 Å². The molecule has 0 aliphatic carbocycles. The molecule has 1 fully saturated rings. The first-order valence-electron chi connectivity index (χ1n) is 7.35. The number of rotatable bonds is 6. The van der Waals surface area contributed by atoms with Crippen LogP contribution in [0.2, 0.25) is 0 Å². The van der Waals surface area contributed by atoms with E-state index in [1.165, 1.54) is 24.3 Å². The number of carbonyl (C=O) groups is 1. The summed E-state index contributed by atoms with van der Waals surface area (Å²) in [7, 11) is 0. The highest BCUT2D eigenvalue weighted by Gasteiger charge is 2.15. The van der Waals surface area contributed by atoms with Gasteiger partial charge in [0.05, 0.1) is 0 Å². The monoisotopic (exact) mass is 293 g/mol. The normalized spacial score (nSPS) is 15.8. The lowest BCUT2D eigenvalue weighted by molar-refractivity contribution is 0.0946. The largest absolute Gasteiger partial charge is 0.370 e. The van der Waals surface area contributed by atoms with Crippen LogP contribution in [0.4, 0.5) is 5.82 Å². The zero-order valence-corrected chi connectivity index (χ0v) is 12.8. The molecule has 0 saturated carbocycles. The van der Waals surface area contributed by atoms with Gasteiger partial charge in [-0.05, 0) is 48.8 Å². The maximum absolute atomic E-state index is 12.1. The lowest BCUT2D eigenvalue weighted by atomic mass is 10.0. The van der Waals surface area contributed by atoms with Crippen LogP contribution in [0.3, 0.4) is 0 Å². The molecule has 0 atom stereocenters. The van der Waals surface area contributed by atoms with E-state index >= 15 is 0 Å². The summed E-state index contributed by atoms with van der Waals surface area (Å²) in [5.74, 6) is 3.86. The van der Waals surface area contributed by atoms with Crippen molar-refractivity contribution in [3.63, 3.8) is 0 Å². The second kappa shape index (κ2) is 8.15. The van der Waals surface area contributed by atoms with Crippen molar-refractivity contribution in [2.45, 2.75) is 26.2 Å². The minimum absolute atomic E-state index is 0.00479. The average Bonchev–Trinajstić information content (AvgIpc) is 2.52. The Bertz CT molecular complexity index is 433. The second-order valence-corrected chi connectivity index (χ2v) is 6.35. The highest BCUT2D eigenvalue weighted by Crippen LogP contribution is 2.21. The molecule has 1 aliphatic heterocycles. The van der Waals surface area contributed by atoms with Gasteiger partial charge >= 0.3 is 0 Å². The molecular formula is C15H23N3OS.